The van der Waals surface area contributed by atoms with Crippen molar-refractivity contribution in [3.05, 3.63) is 0 Å². The molecule has 0 rings (SSSR count). The number of likely N-dealkylation sites (N-methyl/N-ethyl adjacent to an activating group) is 1. The van der Waals surface area contributed by atoms with E-state index in [4.69, 9.17) is 5.11 Å². The second-order valence-corrected chi connectivity index (χ2v) is 3.26. The molecule has 2 N–H and O–H groups in total. The topological polar surface area (TPSA) is 69.6 Å². The molecular weight excluding hydrogens is 196 g/mol. The predicted octanol–water partition coefficient (Wildman–Crippen LogP) is 0.308. The lowest BCUT2D eigenvalue weighted by atomic mass is 10.1. The van der Waals surface area contributed by atoms with Gasteiger partial charge < -0.3 is 10.4 Å². The van der Waals surface area contributed by atoms with Gasteiger partial charge >= 0.3 is 5.97 Å². The lowest BCUT2D eigenvalue weighted by Crippen LogP contribution is -2.47. The zero-order chi connectivity index (χ0) is 11.8. The second-order valence-electron chi connectivity index (χ2n) is 3.26. The van der Waals surface area contributed by atoms with Crippen molar-refractivity contribution in [3.63, 3.8) is 0 Å². The summed E-state index contributed by atoms with van der Waals surface area (Å²) in [5, 5.41) is 10.8. The molecule has 0 spiro atoms. The summed E-state index contributed by atoms with van der Waals surface area (Å²) in [6, 6.07) is -0.223. The van der Waals surface area contributed by atoms with Crippen LogP contribution in [0.1, 0.15) is 27.2 Å². The molecule has 1 atom stereocenters. The van der Waals surface area contributed by atoms with Gasteiger partial charge in [-0.3, -0.25) is 14.5 Å². The number of carbonyl (C=O) groups is 2. The van der Waals surface area contributed by atoms with Crippen molar-refractivity contribution >= 4 is 11.9 Å². The first-order valence-corrected chi connectivity index (χ1v) is 5.30. The Labute approximate surface area is 90.5 Å². The van der Waals surface area contributed by atoms with Gasteiger partial charge in [0.2, 0.25) is 5.91 Å². The van der Waals surface area contributed by atoms with Crippen molar-refractivity contribution in [2.75, 3.05) is 19.6 Å². The minimum Gasteiger partial charge on any atom is -0.480 e. The van der Waals surface area contributed by atoms with Crippen LogP contribution in [0.25, 0.3) is 0 Å². The van der Waals surface area contributed by atoms with Gasteiger partial charge in [0.25, 0.3) is 0 Å². The molecule has 0 aliphatic rings. The van der Waals surface area contributed by atoms with Crippen LogP contribution in [0.3, 0.4) is 0 Å². The van der Waals surface area contributed by atoms with E-state index < -0.39 is 5.97 Å². The fraction of sp³-hybridized carbons (Fsp3) is 0.800. The van der Waals surface area contributed by atoms with Gasteiger partial charge in [-0.05, 0) is 19.5 Å². The maximum absolute atomic E-state index is 11.6. The molecule has 1 unspecified atom stereocenters. The molecule has 15 heavy (non-hydrogen) atoms. The molecule has 0 fully saturated rings. The van der Waals surface area contributed by atoms with Crippen molar-refractivity contribution < 1.29 is 14.7 Å². The Balaban J connectivity index is 4.26. The fourth-order valence-corrected chi connectivity index (χ4v) is 1.55. The van der Waals surface area contributed by atoms with Crippen LogP contribution in [0, 0.1) is 0 Å². The molecule has 0 aromatic rings. The number of hydrogen-bond donors (Lipinski definition) is 2. The van der Waals surface area contributed by atoms with Crippen LogP contribution in [-0.2, 0) is 9.59 Å². The minimum atomic E-state index is -1.02. The molecule has 5 heteroatoms. The highest BCUT2D eigenvalue weighted by Gasteiger charge is 2.21. The van der Waals surface area contributed by atoms with Crippen molar-refractivity contribution in [2.24, 2.45) is 0 Å². The van der Waals surface area contributed by atoms with Crippen molar-refractivity contribution in [3.8, 4) is 0 Å². The molecular formula is C10H20N2O3. The third kappa shape index (κ3) is 4.78. The fourth-order valence-electron chi connectivity index (χ4n) is 1.55. The average molecular weight is 216 g/mol. The van der Waals surface area contributed by atoms with Gasteiger partial charge in [-0.1, -0.05) is 20.8 Å². The van der Waals surface area contributed by atoms with E-state index in [9.17, 15) is 9.59 Å². The number of amides is 1. The Morgan fingerprint density at radius 1 is 1.27 bits per heavy atom. The maximum atomic E-state index is 11.6. The van der Waals surface area contributed by atoms with E-state index in [1.54, 1.807) is 0 Å². The highest BCUT2D eigenvalue weighted by molar-refractivity contribution is 5.85. The van der Waals surface area contributed by atoms with Gasteiger partial charge in [0.1, 0.15) is 6.54 Å². The number of nitrogens with zero attached hydrogens (tertiary/aromatic N) is 1. The minimum absolute atomic E-state index is 0.205. The smallest absolute Gasteiger partial charge is 0.322 e. The Hall–Kier alpha value is -1.10. The number of carboxylic acid groups (broad SMARTS) is 1. The summed E-state index contributed by atoms with van der Waals surface area (Å²) in [6.45, 7) is 7.15. The number of rotatable bonds is 7. The Morgan fingerprint density at radius 3 is 2.13 bits per heavy atom. The normalized spacial score (nSPS) is 12.5. The van der Waals surface area contributed by atoms with Crippen LogP contribution in [0.15, 0.2) is 0 Å². The van der Waals surface area contributed by atoms with E-state index in [1.165, 1.54) is 0 Å². The molecule has 0 aliphatic heterocycles. The summed E-state index contributed by atoms with van der Waals surface area (Å²) in [4.78, 5) is 23.9. The zero-order valence-electron chi connectivity index (χ0n) is 9.62. The van der Waals surface area contributed by atoms with Gasteiger partial charge in [-0.25, -0.2) is 0 Å². The van der Waals surface area contributed by atoms with Gasteiger partial charge in [-0.2, -0.15) is 0 Å². The molecule has 0 saturated carbocycles. The number of hydrogen-bond acceptors (Lipinski definition) is 3. The van der Waals surface area contributed by atoms with Crippen LogP contribution >= 0.6 is 0 Å². The molecule has 88 valence electrons. The molecule has 0 saturated heterocycles. The summed E-state index contributed by atoms with van der Waals surface area (Å²) < 4.78 is 0. The number of aliphatic carboxylic acids is 1. The van der Waals surface area contributed by atoms with Gasteiger partial charge in [0.15, 0.2) is 0 Å². The number of nitrogens with one attached hydrogen (secondary N) is 1. The van der Waals surface area contributed by atoms with E-state index in [2.05, 4.69) is 5.32 Å². The van der Waals surface area contributed by atoms with E-state index >= 15 is 0 Å². The van der Waals surface area contributed by atoms with Gasteiger partial charge in [0, 0.05) is 0 Å². The summed E-state index contributed by atoms with van der Waals surface area (Å²) >= 11 is 0. The largest absolute Gasteiger partial charge is 0.480 e. The van der Waals surface area contributed by atoms with Crippen molar-refractivity contribution in [1.82, 2.24) is 10.2 Å². The van der Waals surface area contributed by atoms with Crippen LogP contribution in [-0.4, -0.2) is 47.6 Å². The molecule has 0 aliphatic carbocycles. The zero-order valence-corrected chi connectivity index (χ0v) is 9.62. The first-order chi connectivity index (χ1) is 7.06. The Bertz CT molecular complexity index is 215. The average Bonchev–Trinajstić information content (AvgIpc) is 2.22. The first-order valence-electron chi connectivity index (χ1n) is 5.30. The van der Waals surface area contributed by atoms with Gasteiger partial charge in [-0.15, -0.1) is 0 Å². The van der Waals surface area contributed by atoms with Crippen LogP contribution < -0.4 is 5.32 Å². The molecule has 0 radical (unpaired) electrons. The Kier molecular flexibility index (Phi) is 6.70. The van der Waals surface area contributed by atoms with Crippen molar-refractivity contribution in [2.45, 2.75) is 33.2 Å². The second kappa shape index (κ2) is 7.23. The van der Waals surface area contributed by atoms with E-state index in [1.807, 2.05) is 25.7 Å². The van der Waals surface area contributed by atoms with Crippen molar-refractivity contribution in [1.29, 1.82) is 0 Å². The summed E-state index contributed by atoms with van der Waals surface area (Å²) in [5.41, 5.74) is 0. The molecule has 0 heterocycles. The lowest BCUT2D eigenvalue weighted by molar-refractivity contribution is -0.138. The monoisotopic (exact) mass is 216 g/mol. The standard InChI is InChI=1S/C10H20N2O3/c1-4-8(12(5-2)6-3)10(15)11-7-9(13)14/h8H,4-7H2,1-3H3,(H,11,15)(H,13,14). The summed E-state index contributed by atoms with van der Waals surface area (Å²) in [7, 11) is 0. The molecule has 0 bridgehead atoms. The lowest BCUT2D eigenvalue weighted by Gasteiger charge is -2.27. The number of carbonyl (C=O) groups excluding carboxylic acids is 1. The number of carboxylic acids is 1. The highest BCUT2D eigenvalue weighted by atomic mass is 16.4. The highest BCUT2D eigenvalue weighted by Crippen LogP contribution is 2.03. The SMILES string of the molecule is CCC(C(=O)NCC(=O)O)N(CC)CC. The molecule has 0 aromatic heterocycles. The predicted molar refractivity (Wildman–Crippen MR) is 57.6 cm³/mol. The van der Waals surface area contributed by atoms with E-state index in [0.29, 0.717) is 6.42 Å². The van der Waals surface area contributed by atoms with E-state index in [0.717, 1.165) is 13.1 Å². The first kappa shape index (κ1) is 13.9. The molecule has 5 nitrogen and oxygen atoms in total. The summed E-state index contributed by atoms with van der Waals surface area (Å²) in [5.74, 6) is -1.22. The van der Waals surface area contributed by atoms with Crippen LogP contribution in [0.4, 0.5) is 0 Å². The van der Waals surface area contributed by atoms with E-state index in [-0.39, 0.29) is 18.5 Å². The van der Waals surface area contributed by atoms with Crippen LogP contribution in [0.2, 0.25) is 0 Å². The third-order valence-electron chi connectivity index (χ3n) is 2.36. The quantitative estimate of drug-likeness (QED) is 0.642. The summed E-state index contributed by atoms with van der Waals surface area (Å²) in [6.07, 6.45) is 0.688. The van der Waals surface area contributed by atoms with Gasteiger partial charge in [0.05, 0.1) is 6.04 Å². The Morgan fingerprint density at radius 2 is 1.80 bits per heavy atom. The molecule has 1 amide bonds. The van der Waals surface area contributed by atoms with Crippen LogP contribution in [0.5, 0.6) is 0 Å². The molecule has 0 aromatic carbocycles. The maximum Gasteiger partial charge on any atom is 0.322 e. The third-order valence-corrected chi connectivity index (χ3v) is 2.36.